The van der Waals surface area contributed by atoms with E-state index in [2.05, 4.69) is 5.32 Å². The molecule has 1 fully saturated rings. The molecule has 1 saturated carbocycles. The first kappa shape index (κ1) is 13.0. The van der Waals surface area contributed by atoms with Crippen LogP contribution in [0.15, 0.2) is 24.3 Å². The van der Waals surface area contributed by atoms with Gasteiger partial charge in [0.25, 0.3) is 0 Å². The Morgan fingerprint density at radius 2 is 2.00 bits per heavy atom. The summed E-state index contributed by atoms with van der Waals surface area (Å²) in [7, 11) is 0. The van der Waals surface area contributed by atoms with E-state index in [0.717, 1.165) is 37.8 Å². The zero-order valence-electron chi connectivity index (χ0n) is 10.3. The number of hydrogen-bond donors (Lipinski definition) is 2. The number of aliphatic carboxylic acids is 1. The van der Waals surface area contributed by atoms with Crippen molar-refractivity contribution in [3.05, 3.63) is 35.6 Å². The lowest BCUT2D eigenvalue weighted by atomic mass is 9.69. The molecular formula is C14H18FNO2. The van der Waals surface area contributed by atoms with Gasteiger partial charge < -0.3 is 10.4 Å². The Morgan fingerprint density at radius 3 is 2.50 bits per heavy atom. The van der Waals surface area contributed by atoms with E-state index in [9.17, 15) is 9.18 Å². The Balaban J connectivity index is 1.73. The summed E-state index contributed by atoms with van der Waals surface area (Å²) in [5.41, 5.74) is 0.518. The maximum absolute atomic E-state index is 12.7. The number of carbonyl (C=O) groups is 1. The largest absolute Gasteiger partial charge is 0.481 e. The Kier molecular flexibility index (Phi) is 3.97. The van der Waals surface area contributed by atoms with Crippen molar-refractivity contribution in [1.82, 2.24) is 5.32 Å². The van der Waals surface area contributed by atoms with Crippen LogP contribution in [-0.4, -0.2) is 24.2 Å². The third-order valence-corrected chi connectivity index (χ3v) is 3.73. The molecule has 4 heteroatoms. The van der Waals surface area contributed by atoms with Crippen LogP contribution in [0.25, 0.3) is 0 Å². The fourth-order valence-electron chi connectivity index (χ4n) is 2.28. The molecular weight excluding hydrogens is 233 g/mol. The monoisotopic (exact) mass is 251 g/mol. The molecule has 3 nitrogen and oxygen atoms in total. The molecule has 1 aromatic carbocycles. The molecule has 18 heavy (non-hydrogen) atoms. The lowest BCUT2D eigenvalue weighted by molar-refractivity contribution is -0.154. The second kappa shape index (κ2) is 5.48. The molecule has 0 radical (unpaired) electrons. The van der Waals surface area contributed by atoms with Gasteiger partial charge in [-0.2, -0.15) is 0 Å². The molecule has 98 valence electrons. The smallest absolute Gasteiger partial charge is 0.310 e. The highest BCUT2D eigenvalue weighted by Crippen LogP contribution is 2.40. The van der Waals surface area contributed by atoms with Gasteiger partial charge in [0.05, 0.1) is 5.41 Å². The highest BCUT2D eigenvalue weighted by atomic mass is 19.1. The second-order valence-electron chi connectivity index (χ2n) is 4.99. The molecule has 0 bridgehead atoms. The number of halogens is 1. The normalized spacial score (nSPS) is 17.2. The van der Waals surface area contributed by atoms with Crippen molar-refractivity contribution in [3.8, 4) is 0 Å². The Morgan fingerprint density at radius 1 is 1.33 bits per heavy atom. The topological polar surface area (TPSA) is 49.3 Å². The minimum atomic E-state index is -0.692. The molecule has 0 unspecified atom stereocenters. The van der Waals surface area contributed by atoms with Crippen molar-refractivity contribution in [2.75, 3.05) is 13.1 Å². The average molecular weight is 251 g/mol. The van der Waals surface area contributed by atoms with E-state index in [4.69, 9.17) is 5.11 Å². The Bertz CT molecular complexity index is 412. The molecule has 0 amide bonds. The zero-order chi connectivity index (χ0) is 13.0. The summed E-state index contributed by atoms with van der Waals surface area (Å²) in [5.74, 6) is -0.922. The summed E-state index contributed by atoms with van der Waals surface area (Å²) < 4.78 is 12.7. The van der Waals surface area contributed by atoms with Crippen molar-refractivity contribution in [2.24, 2.45) is 5.41 Å². The summed E-state index contributed by atoms with van der Waals surface area (Å²) in [6, 6.07) is 6.40. The highest BCUT2D eigenvalue weighted by molar-refractivity contribution is 5.76. The van der Waals surface area contributed by atoms with Crippen molar-refractivity contribution < 1.29 is 14.3 Å². The van der Waals surface area contributed by atoms with Gasteiger partial charge in [-0.05, 0) is 43.5 Å². The molecule has 0 saturated heterocycles. The van der Waals surface area contributed by atoms with Gasteiger partial charge >= 0.3 is 5.97 Å². The third kappa shape index (κ3) is 2.88. The number of rotatable bonds is 6. The first-order valence-electron chi connectivity index (χ1n) is 6.31. The van der Waals surface area contributed by atoms with Crippen LogP contribution in [0.5, 0.6) is 0 Å². The van der Waals surface area contributed by atoms with Crippen LogP contribution in [-0.2, 0) is 11.2 Å². The summed E-state index contributed by atoms with van der Waals surface area (Å²) in [4.78, 5) is 11.1. The predicted octanol–water partition coefficient (Wildman–Crippen LogP) is 2.21. The third-order valence-electron chi connectivity index (χ3n) is 3.73. The van der Waals surface area contributed by atoms with Crippen LogP contribution in [0.2, 0.25) is 0 Å². The SMILES string of the molecule is O=C(O)C1(CNCCc2ccc(F)cc2)CCC1. The van der Waals surface area contributed by atoms with Gasteiger partial charge in [0.2, 0.25) is 0 Å². The molecule has 1 aromatic rings. The fraction of sp³-hybridized carbons (Fsp3) is 0.500. The first-order chi connectivity index (χ1) is 8.62. The first-order valence-corrected chi connectivity index (χ1v) is 6.31. The quantitative estimate of drug-likeness (QED) is 0.762. The van der Waals surface area contributed by atoms with Crippen LogP contribution in [0.3, 0.4) is 0 Å². The molecule has 0 spiro atoms. The van der Waals surface area contributed by atoms with E-state index in [0.29, 0.717) is 6.54 Å². The standard InChI is InChI=1S/C14H18FNO2/c15-12-4-2-11(3-5-12)6-9-16-10-14(13(17)18)7-1-8-14/h2-5,16H,1,6-10H2,(H,17,18). The fourth-order valence-corrected chi connectivity index (χ4v) is 2.28. The molecule has 1 aliphatic carbocycles. The van der Waals surface area contributed by atoms with Crippen LogP contribution < -0.4 is 5.32 Å². The van der Waals surface area contributed by atoms with Crippen LogP contribution in [0, 0.1) is 11.2 Å². The molecule has 2 N–H and O–H groups in total. The Labute approximate surface area is 106 Å². The van der Waals surface area contributed by atoms with Gasteiger partial charge in [-0.25, -0.2) is 4.39 Å². The Hall–Kier alpha value is -1.42. The summed E-state index contributed by atoms with van der Waals surface area (Å²) >= 11 is 0. The van der Waals surface area contributed by atoms with Crippen molar-refractivity contribution in [2.45, 2.75) is 25.7 Å². The van der Waals surface area contributed by atoms with Crippen molar-refractivity contribution in [3.63, 3.8) is 0 Å². The van der Waals surface area contributed by atoms with E-state index in [-0.39, 0.29) is 5.82 Å². The molecule has 2 rings (SSSR count). The second-order valence-corrected chi connectivity index (χ2v) is 4.99. The van der Waals surface area contributed by atoms with E-state index in [1.54, 1.807) is 12.1 Å². The molecule has 0 aliphatic heterocycles. The minimum absolute atomic E-state index is 0.231. The van der Waals surface area contributed by atoms with Crippen LogP contribution >= 0.6 is 0 Å². The number of carboxylic acid groups (broad SMARTS) is 1. The minimum Gasteiger partial charge on any atom is -0.481 e. The van der Waals surface area contributed by atoms with Gasteiger partial charge in [-0.3, -0.25) is 4.79 Å². The van der Waals surface area contributed by atoms with Crippen LogP contribution in [0.4, 0.5) is 4.39 Å². The van der Waals surface area contributed by atoms with Gasteiger partial charge in [-0.15, -0.1) is 0 Å². The van der Waals surface area contributed by atoms with Crippen molar-refractivity contribution in [1.29, 1.82) is 0 Å². The van der Waals surface area contributed by atoms with Gasteiger partial charge in [0, 0.05) is 6.54 Å². The van der Waals surface area contributed by atoms with E-state index >= 15 is 0 Å². The highest BCUT2D eigenvalue weighted by Gasteiger charge is 2.43. The lowest BCUT2D eigenvalue weighted by Gasteiger charge is -2.37. The summed E-state index contributed by atoms with van der Waals surface area (Å²) in [6.45, 7) is 1.25. The summed E-state index contributed by atoms with van der Waals surface area (Å²) in [6.07, 6.45) is 3.33. The molecule has 1 aliphatic rings. The van der Waals surface area contributed by atoms with Crippen LogP contribution in [0.1, 0.15) is 24.8 Å². The number of benzene rings is 1. The maximum Gasteiger partial charge on any atom is 0.310 e. The molecule has 0 atom stereocenters. The van der Waals surface area contributed by atoms with E-state index in [1.807, 2.05) is 0 Å². The van der Waals surface area contributed by atoms with Crippen molar-refractivity contribution >= 4 is 5.97 Å². The van der Waals surface area contributed by atoms with E-state index in [1.165, 1.54) is 12.1 Å². The summed E-state index contributed by atoms with van der Waals surface area (Å²) in [5, 5.41) is 12.3. The van der Waals surface area contributed by atoms with Gasteiger partial charge in [0.15, 0.2) is 0 Å². The zero-order valence-corrected chi connectivity index (χ0v) is 10.3. The maximum atomic E-state index is 12.7. The van der Waals surface area contributed by atoms with Gasteiger partial charge in [-0.1, -0.05) is 18.6 Å². The number of carboxylic acids is 1. The number of hydrogen-bond acceptors (Lipinski definition) is 2. The molecule has 0 aromatic heterocycles. The van der Waals surface area contributed by atoms with E-state index < -0.39 is 11.4 Å². The molecule has 0 heterocycles. The predicted molar refractivity (Wildman–Crippen MR) is 66.9 cm³/mol. The lowest BCUT2D eigenvalue weighted by Crippen LogP contribution is -2.46. The number of nitrogens with one attached hydrogen (secondary N) is 1. The van der Waals surface area contributed by atoms with Gasteiger partial charge in [0.1, 0.15) is 5.82 Å². The average Bonchev–Trinajstić information content (AvgIpc) is 2.29.